The van der Waals surface area contributed by atoms with Gasteiger partial charge in [0.15, 0.2) is 0 Å². The van der Waals surface area contributed by atoms with Gasteiger partial charge in [-0.2, -0.15) is 0 Å². The van der Waals surface area contributed by atoms with E-state index < -0.39 is 5.97 Å². The number of alkyl halides is 1. The van der Waals surface area contributed by atoms with E-state index in [0.29, 0.717) is 17.7 Å². The number of benzene rings is 1. The molecule has 0 heterocycles. The number of carboxylic acid groups (broad SMARTS) is 1. The summed E-state index contributed by atoms with van der Waals surface area (Å²) in [7, 11) is 0. The molecule has 0 aromatic heterocycles. The van der Waals surface area contributed by atoms with E-state index in [1.807, 2.05) is 6.92 Å². The standard InChI is InChI=1S/C10H10Br2O3/c1-2-15-9-3-6(5-11)8(12)4-7(9)10(13)14/h3-4H,2,5H2,1H3,(H,13,14). The average molecular weight is 338 g/mol. The second-order valence-electron chi connectivity index (χ2n) is 2.81. The number of rotatable bonds is 4. The van der Waals surface area contributed by atoms with E-state index in [1.165, 1.54) is 0 Å². The lowest BCUT2D eigenvalue weighted by Crippen LogP contribution is -2.04. The van der Waals surface area contributed by atoms with Gasteiger partial charge in [0.05, 0.1) is 6.61 Å². The van der Waals surface area contributed by atoms with Crippen molar-refractivity contribution in [2.45, 2.75) is 12.3 Å². The molecule has 1 aromatic carbocycles. The van der Waals surface area contributed by atoms with Crippen LogP contribution in [0.4, 0.5) is 0 Å². The molecule has 0 unspecified atom stereocenters. The predicted molar refractivity (Wildman–Crippen MR) is 64.9 cm³/mol. The summed E-state index contributed by atoms with van der Waals surface area (Å²) in [6.07, 6.45) is 0. The summed E-state index contributed by atoms with van der Waals surface area (Å²) in [5.41, 5.74) is 1.14. The van der Waals surface area contributed by atoms with Crippen molar-refractivity contribution < 1.29 is 14.6 Å². The first-order valence-electron chi connectivity index (χ1n) is 4.34. The fraction of sp³-hybridized carbons (Fsp3) is 0.300. The molecule has 0 spiro atoms. The summed E-state index contributed by atoms with van der Waals surface area (Å²) in [6, 6.07) is 3.29. The zero-order chi connectivity index (χ0) is 11.4. The van der Waals surface area contributed by atoms with Gasteiger partial charge in [-0.15, -0.1) is 0 Å². The largest absolute Gasteiger partial charge is 0.493 e. The number of carboxylic acids is 1. The van der Waals surface area contributed by atoms with Gasteiger partial charge in [0.2, 0.25) is 0 Å². The first kappa shape index (κ1) is 12.5. The fourth-order valence-electron chi connectivity index (χ4n) is 1.14. The molecule has 3 nitrogen and oxygen atoms in total. The SMILES string of the molecule is CCOc1cc(CBr)c(Br)cc1C(=O)O. The third kappa shape index (κ3) is 2.95. The van der Waals surface area contributed by atoms with Crippen molar-refractivity contribution in [2.24, 2.45) is 0 Å². The lowest BCUT2D eigenvalue weighted by molar-refractivity contribution is 0.0692. The summed E-state index contributed by atoms with van der Waals surface area (Å²) in [6.45, 7) is 2.27. The van der Waals surface area contributed by atoms with Gasteiger partial charge in [-0.25, -0.2) is 4.79 Å². The van der Waals surface area contributed by atoms with Crippen LogP contribution in [0.15, 0.2) is 16.6 Å². The average Bonchev–Trinajstić information content (AvgIpc) is 2.20. The smallest absolute Gasteiger partial charge is 0.339 e. The van der Waals surface area contributed by atoms with E-state index in [9.17, 15) is 4.79 Å². The maximum absolute atomic E-state index is 10.9. The molecule has 0 aliphatic rings. The van der Waals surface area contributed by atoms with Crippen LogP contribution in [0.5, 0.6) is 5.75 Å². The normalized spacial score (nSPS) is 10.1. The minimum Gasteiger partial charge on any atom is -0.493 e. The minimum absolute atomic E-state index is 0.174. The Morgan fingerprint density at radius 1 is 1.53 bits per heavy atom. The molecule has 0 saturated carbocycles. The first-order valence-corrected chi connectivity index (χ1v) is 6.26. The monoisotopic (exact) mass is 336 g/mol. The van der Waals surface area contributed by atoms with Crippen molar-refractivity contribution in [3.63, 3.8) is 0 Å². The number of hydrogen-bond donors (Lipinski definition) is 1. The van der Waals surface area contributed by atoms with E-state index in [0.717, 1.165) is 10.0 Å². The van der Waals surface area contributed by atoms with E-state index in [2.05, 4.69) is 31.9 Å². The molecule has 0 atom stereocenters. The van der Waals surface area contributed by atoms with Crippen LogP contribution in [0.25, 0.3) is 0 Å². The van der Waals surface area contributed by atoms with Crippen molar-refractivity contribution >= 4 is 37.8 Å². The zero-order valence-electron chi connectivity index (χ0n) is 8.09. The lowest BCUT2D eigenvalue weighted by Gasteiger charge is -2.10. The van der Waals surface area contributed by atoms with Crippen molar-refractivity contribution in [3.05, 3.63) is 27.7 Å². The summed E-state index contributed by atoms with van der Waals surface area (Å²) in [5.74, 6) is -0.581. The molecular weight excluding hydrogens is 328 g/mol. The molecule has 5 heteroatoms. The molecule has 0 aliphatic heterocycles. The highest BCUT2D eigenvalue weighted by Gasteiger charge is 2.14. The summed E-state index contributed by atoms with van der Waals surface area (Å²) >= 11 is 6.63. The molecule has 1 N–H and O–H groups in total. The third-order valence-corrected chi connectivity index (χ3v) is 3.17. The van der Waals surface area contributed by atoms with Crippen molar-refractivity contribution in [1.29, 1.82) is 0 Å². The van der Waals surface area contributed by atoms with Crippen LogP contribution in [0.3, 0.4) is 0 Å². The van der Waals surface area contributed by atoms with Gasteiger partial charge < -0.3 is 9.84 Å². The Hall–Kier alpha value is -0.550. The Balaban J connectivity index is 3.25. The maximum atomic E-state index is 10.9. The first-order chi connectivity index (χ1) is 7.10. The number of ether oxygens (including phenoxy) is 1. The van der Waals surface area contributed by atoms with Crippen LogP contribution in [0.1, 0.15) is 22.8 Å². The molecule has 1 aromatic rings. The van der Waals surface area contributed by atoms with Crippen molar-refractivity contribution in [1.82, 2.24) is 0 Å². The predicted octanol–water partition coefficient (Wildman–Crippen LogP) is 3.44. The molecule has 0 bridgehead atoms. The lowest BCUT2D eigenvalue weighted by atomic mass is 10.1. The molecule has 0 radical (unpaired) electrons. The second kappa shape index (κ2) is 5.51. The van der Waals surface area contributed by atoms with Crippen molar-refractivity contribution in [3.8, 4) is 5.75 Å². The molecule has 0 saturated heterocycles. The van der Waals surface area contributed by atoms with Crippen LogP contribution in [0, 0.1) is 0 Å². The summed E-state index contributed by atoms with van der Waals surface area (Å²) in [4.78, 5) is 10.9. The van der Waals surface area contributed by atoms with Gasteiger partial charge in [-0.05, 0) is 24.6 Å². The van der Waals surface area contributed by atoms with E-state index in [-0.39, 0.29) is 5.56 Å². The van der Waals surface area contributed by atoms with Crippen LogP contribution in [-0.2, 0) is 5.33 Å². The van der Waals surface area contributed by atoms with Gasteiger partial charge in [-0.1, -0.05) is 31.9 Å². The Morgan fingerprint density at radius 3 is 2.67 bits per heavy atom. The van der Waals surface area contributed by atoms with E-state index in [4.69, 9.17) is 9.84 Å². The Bertz CT molecular complexity index is 377. The van der Waals surface area contributed by atoms with Crippen molar-refractivity contribution in [2.75, 3.05) is 6.61 Å². The third-order valence-electron chi connectivity index (χ3n) is 1.82. The highest BCUT2D eigenvalue weighted by atomic mass is 79.9. The van der Waals surface area contributed by atoms with E-state index in [1.54, 1.807) is 12.1 Å². The molecule has 15 heavy (non-hydrogen) atoms. The quantitative estimate of drug-likeness (QED) is 0.856. The molecule has 0 amide bonds. The van der Waals surface area contributed by atoms with Crippen LogP contribution < -0.4 is 4.74 Å². The fourth-order valence-corrected chi connectivity index (χ4v) is 2.46. The number of hydrogen-bond acceptors (Lipinski definition) is 2. The molecule has 1 rings (SSSR count). The molecule has 0 fully saturated rings. The van der Waals surface area contributed by atoms with Crippen LogP contribution >= 0.6 is 31.9 Å². The van der Waals surface area contributed by atoms with Gasteiger partial charge in [0, 0.05) is 9.80 Å². The molecular formula is C10H10Br2O3. The number of aromatic carboxylic acids is 1. The van der Waals surface area contributed by atoms with E-state index >= 15 is 0 Å². The molecule has 82 valence electrons. The maximum Gasteiger partial charge on any atom is 0.339 e. The zero-order valence-corrected chi connectivity index (χ0v) is 11.3. The topological polar surface area (TPSA) is 46.5 Å². The molecule has 0 aliphatic carbocycles. The summed E-state index contributed by atoms with van der Waals surface area (Å²) < 4.78 is 6.04. The summed E-state index contributed by atoms with van der Waals surface area (Å²) in [5, 5.41) is 9.61. The highest BCUT2D eigenvalue weighted by Crippen LogP contribution is 2.29. The minimum atomic E-state index is -0.986. The van der Waals surface area contributed by atoms with Crippen LogP contribution in [0.2, 0.25) is 0 Å². The Morgan fingerprint density at radius 2 is 2.20 bits per heavy atom. The van der Waals surface area contributed by atoms with Gasteiger partial charge in [-0.3, -0.25) is 0 Å². The number of halogens is 2. The second-order valence-corrected chi connectivity index (χ2v) is 4.23. The Labute approximate surface area is 105 Å². The van der Waals surface area contributed by atoms with Crippen LogP contribution in [-0.4, -0.2) is 17.7 Å². The van der Waals surface area contributed by atoms with Gasteiger partial charge in [0.1, 0.15) is 11.3 Å². The number of carbonyl (C=O) groups is 1. The Kier molecular flexibility index (Phi) is 4.60. The van der Waals surface area contributed by atoms with Gasteiger partial charge in [0.25, 0.3) is 0 Å². The highest BCUT2D eigenvalue weighted by molar-refractivity contribution is 9.10. The van der Waals surface area contributed by atoms with Gasteiger partial charge >= 0.3 is 5.97 Å².